The van der Waals surface area contributed by atoms with Gasteiger partial charge in [0, 0.05) is 7.05 Å². The molecule has 27 heavy (non-hydrogen) atoms. The van der Waals surface area contributed by atoms with Crippen LogP contribution in [0.5, 0.6) is 5.75 Å². The second kappa shape index (κ2) is 8.20. The number of rotatable bonds is 5. The Hall–Kier alpha value is -2.89. The summed E-state index contributed by atoms with van der Waals surface area (Å²) in [4.78, 5) is 26.2. The number of benzene rings is 2. The second-order valence-electron chi connectivity index (χ2n) is 6.54. The number of halogens is 1. The van der Waals surface area contributed by atoms with Crippen LogP contribution in [-0.2, 0) is 16.0 Å². The fraction of sp³-hybridized carbons (Fsp3) is 0.333. The normalized spacial score (nSPS) is 15.6. The van der Waals surface area contributed by atoms with Crippen LogP contribution in [0.2, 0.25) is 0 Å². The molecule has 0 saturated carbocycles. The molecule has 6 heteroatoms. The highest BCUT2D eigenvalue weighted by Crippen LogP contribution is 2.33. The van der Waals surface area contributed by atoms with E-state index in [-0.39, 0.29) is 29.9 Å². The molecule has 0 unspecified atom stereocenters. The number of fused-ring (bicyclic) bond motifs is 1. The Morgan fingerprint density at radius 1 is 1.22 bits per heavy atom. The van der Waals surface area contributed by atoms with Crippen molar-refractivity contribution in [3.05, 3.63) is 65.0 Å². The van der Waals surface area contributed by atoms with Gasteiger partial charge in [0.1, 0.15) is 0 Å². The fourth-order valence-corrected chi connectivity index (χ4v) is 3.41. The summed E-state index contributed by atoms with van der Waals surface area (Å²) in [6, 6.07) is 11.8. The molecule has 0 aliphatic heterocycles. The molecule has 0 bridgehead atoms. The minimum absolute atomic E-state index is 0.0282. The number of aryl methyl sites for hydroxylation is 1. The number of amides is 1. The van der Waals surface area contributed by atoms with E-state index in [1.54, 1.807) is 11.9 Å². The molecule has 1 aliphatic rings. The van der Waals surface area contributed by atoms with Crippen molar-refractivity contribution in [1.29, 1.82) is 0 Å². The van der Waals surface area contributed by atoms with Crippen LogP contribution in [0.4, 0.5) is 4.39 Å². The molecular weight excluding hydrogens is 349 g/mol. The lowest BCUT2D eigenvalue weighted by Gasteiger charge is -2.33. The largest absolute Gasteiger partial charge is 0.494 e. The van der Waals surface area contributed by atoms with E-state index in [1.165, 1.54) is 24.8 Å². The Kier molecular flexibility index (Phi) is 5.74. The summed E-state index contributed by atoms with van der Waals surface area (Å²) in [5.41, 5.74) is 2.43. The van der Waals surface area contributed by atoms with Gasteiger partial charge in [0.05, 0.1) is 18.7 Å². The molecule has 0 aromatic heterocycles. The predicted octanol–water partition coefficient (Wildman–Crippen LogP) is 3.53. The van der Waals surface area contributed by atoms with Crippen LogP contribution in [0.15, 0.2) is 42.5 Å². The number of carbonyl (C=O) groups excluding carboxylic acids is 2. The number of likely N-dealkylation sites (N-methyl/N-ethyl adjacent to an activating group) is 1. The third-order valence-corrected chi connectivity index (χ3v) is 4.91. The van der Waals surface area contributed by atoms with E-state index < -0.39 is 11.8 Å². The van der Waals surface area contributed by atoms with Gasteiger partial charge in [-0.05, 0) is 48.6 Å². The topological polar surface area (TPSA) is 55.8 Å². The van der Waals surface area contributed by atoms with Crippen molar-refractivity contribution < 1.29 is 23.5 Å². The zero-order chi connectivity index (χ0) is 19.4. The molecule has 5 nitrogen and oxygen atoms in total. The van der Waals surface area contributed by atoms with Crippen LogP contribution in [-0.4, -0.2) is 37.5 Å². The van der Waals surface area contributed by atoms with Crippen LogP contribution >= 0.6 is 0 Å². The zero-order valence-electron chi connectivity index (χ0n) is 15.4. The molecule has 1 atom stereocenters. The fourth-order valence-electron chi connectivity index (χ4n) is 3.41. The van der Waals surface area contributed by atoms with Crippen LogP contribution in [0.1, 0.15) is 40.4 Å². The maximum atomic E-state index is 13.7. The van der Waals surface area contributed by atoms with Crippen molar-refractivity contribution in [2.75, 3.05) is 20.8 Å². The Bertz CT molecular complexity index is 852. The standard InChI is InChI=1S/C21H22FNO4/c1-23(18-9-5-7-14-6-3-4-8-16(14)18)20(24)13-27-21(25)15-10-11-19(26-2)17(22)12-15/h3-4,6,8,10-12,18H,5,7,9,13H2,1-2H3/t18-/m1/s1. The van der Waals surface area contributed by atoms with E-state index in [4.69, 9.17) is 9.47 Å². The van der Waals surface area contributed by atoms with E-state index in [1.807, 2.05) is 18.2 Å². The maximum Gasteiger partial charge on any atom is 0.338 e. The summed E-state index contributed by atoms with van der Waals surface area (Å²) >= 11 is 0. The molecule has 3 rings (SSSR count). The summed E-state index contributed by atoms with van der Waals surface area (Å²) in [5, 5.41) is 0. The SMILES string of the molecule is COc1ccc(C(=O)OCC(=O)N(C)[C@@H]2CCCc3ccccc32)cc1F. The van der Waals surface area contributed by atoms with Crippen molar-refractivity contribution in [3.63, 3.8) is 0 Å². The Labute approximate surface area is 157 Å². The van der Waals surface area contributed by atoms with Gasteiger partial charge in [-0.3, -0.25) is 4.79 Å². The van der Waals surface area contributed by atoms with Gasteiger partial charge >= 0.3 is 5.97 Å². The van der Waals surface area contributed by atoms with Gasteiger partial charge in [-0.1, -0.05) is 24.3 Å². The van der Waals surface area contributed by atoms with Crippen molar-refractivity contribution >= 4 is 11.9 Å². The third kappa shape index (κ3) is 4.10. The average molecular weight is 371 g/mol. The number of hydrogen-bond donors (Lipinski definition) is 0. The van der Waals surface area contributed by atoms with Gasteiger partial charge in [0.2, 0.25) is 0 Å². The lowest BCUT2D eigenvalue weighted by atomic mass is 9.87. The molecule has 1 aliphatic carbocycles. The molecule has 0 spiro atoms. The van der Waals surface area contributed by atoms with Crippen LogP contribution in [0.25, 0.3) is 0 Å². The van der Waals surface area contributed by atoms with Gasteiger partial charge < -0.3 is 14.4 Å². The van der Waals surface area contributed by atoms with Crippen LogP contribution in [0.3, 0.4) is 0 Å². The number of nitrogens with zero attached hydrogens (tertiary/aromatic N) is 1. The zero-order valence-corrected chi connectivity index (χ0v) is 15.4. The van der Waals surface area contributed by atoms with Crippen molar-refractivity contribution in [2.45, 2.75) is 25.3 Å². The first-order valence-corrected chi connectivity index (χ1v) is 8.85. The van der Waals surface area contributed by atoms with E-state index >= 15 is 0 Å². The molecule has 2 aromatic carbocycles. The van der Waals surface area contributed by atoms with Gasteiger partial charge in [0.25, 0.3) is 5.91 Å². The Balaban J connectivity index is 1.62. The number of methoxy groups -OCH3 is 1. The lowest BCUT2D eigenvalue weighted by Crippen LogP contribution is -2.36. The quantitative estimate of drug-likeness (QED) is 0.755. The van der Waals surface area contributed by atoms with Crippen molar-refractivity contribution in [3.8, 4) is 5.75 Å². The summed E-state index contributed by atoms with van der Waals surface area (Å²) in [5.74, 6) is -1.66. The summed E-state index contributed by atoms with van der Waals surface area (Å²) in [7, 11) is 3.06. The monoisotopic (exact) mass is 371 g/mol. The molecule has 0 radical (unpaired) electrons. The number of carbonyl (C=O) groups is 2. The predicted molar refractivity (Wildman–Crippen MR) is 98.1 cm³/mol. The molecule has 0 fully saturated rings. The highest BCUT2D eigenvalue weighted by molar-refractivity contribution is 5.91. The molecular formula is C21H22FNO4. The molecule has 0 heterocycles. The third-order valence-electron chi connectivity index (χ3n) is 4.91. The van der Waals surface area contributed by atoms with Gasteiger partial charge in [-0.25, -0.2) is 9.18 Å². The van der Waals surface area contributed by atoms with Gasteiger partial charge in [-0.2, -0.15) is 0 Å². The number of ether oxygens (including phenoxy) is 2. The van der Waals surface area contributed by atoms with Crippen molar-refractivity contribution in [1.82, 2.24) is 4.90 Å². The maximum absolute atomic E-state index is 13.7. The Morgan fingerprint density at radius 2 is 2.00 bits per heavy atom. The Morgan fingerprint density at radius 3 is 2.74 bits per heavy atom. The molecule has 142 valence electrons. The van der Waals surface area contributed by atoms with Crippen LogP contribution < -0.4 is 4.74 Å². The minimum Gasteiger partial charge on any atom is -0.494 e. The van der Waals surface area contributed by atoms with E-state index in [0.29, 0.717) is 0 Å². The molecule has 0 saturated heterocycles. The van der Waals surface area contributed by atoms with Crippen molar-refractivity contribution in [2.24, 2.45) is 0 Å². The minimum atomic E-state index is -0.748. The van der Waals surface area contributed by atoms with E-state index in [0.717, 1.165) is 30.9 Å². The van der Waals surface area contributed by atoms with E-state index in [2.05, 4.69) is 6.07 Å². The smallest absolute Gasteiger partial charge is 0.338 e. The highest BCUT2D eigenvalue weighted by atomic mass is 19.1. The number of hydrogen-bond acceptors (Lipinski definition) is 4. The second-order valence-corrected chi connectivity index (χ2v) is 6.54. The van der Waals surface area contributed by atoms with E-state index in [9.17, 15) is 14.0 Å². The average Bonchev–Trinajstić information content (AvgIpc) is 2.70. The lowest BCUT2D eigenvalue weighted by molar-refractivity contribution is -0.135. The van der Waals surface area contributed by atoms with Gasteiger partial charge in [-0.15, -0.1) is 0 Å². The summed E-state index contributed by atoms with van der Waals surface area (Å²) in [6.07, 6.45) is 2.88. The molecule has 1 amide bonds. The summed E-state index contributed by atoms with van der Waals surface area (Å²) < 4.78 is 23.6. The van der Waals surface area contributed by atoms with Gasteiger partial charge in [0.15, 0.2) is 18.2 Å². The number of esters is 1. The highest BCUT2D eigenvalue weighted by Gasteiger charge is 2.27. The molecule has 0 N–H and O–H groups in total. The van der Waals surface area contributed by atoms with Crippen LogP contribution in [0, 0.1) is 5.82 Å². The summed E-state index contributed by atoms with van der Waals surface area (Å²) in [6.45, 7) is -0.387. The first kappa shape index (κ1) is 18.9. The first-order valence-electron chi connectivity index (χ1n) is 8.85. The first-order chi connectivity index (χ1) is 13.0. The molecule has 2 aromatic rings.